The molecule has 0 radical (unpaired) electrons. The average Bonchev–Trinajstić information content (AvgIpc) is 2.93. The summed E-state index contributed by atoms with van der Waals surface area (Å²) in [6.07, 6.45) is 2.24. The predicted molar refractivity (Wildman–Crippen MR) is 70.7 cm³/mol. The number of nitrogens with zero attached hydrogens (tertiary/aromatic N) is 2. The number of aliphatic hydroxyl groups excluding tert-OH is 1. The molecule has 1 aliphatic rings. The van der Waals surface area contributed by atoms with Crippen LogP contribution in [0.2, 0.25) is 0 Å². The maximum Gasteiger partial charge on any atom is 0.270 e. The molecule has 0 saturated carbocycles. The fourth-order valence-electron chi connectivity index (χ4n) is 2.25. The van der Waals surface area contributed by atoms with Crippen LogP contribution >= 0.6 is 11.3 Å². The predicted octanol–water partition coefficient (Wildman–Crippen LogP) is 0.577. The molecule has 6 heteroatoms. The molecule has 5 nitrogen and oxygen atoms in total. The second-order valence-electron chi connectivity index (χ2n) is 4.62. The first kappa shape index (κ1) is 13.5. The van der Waals surface area contributed by atoms with Gasteiger partial charge in [-0.3, -0.25) is 4.79 Å². The van der Waals surface area contributed by atoms with Crippen LogP contribution in [-0.2, 0) is 0 Å². The molecule has 0 spiro atoms. The minimum Gasteiger partial charge on any atom is -0.396 e. The van der Waals surface area contributed by atoms with Gasteiger partial charge in [-0.15, -0.1) is 11.3 Å². The van der Waals surface area contributed by atoms with Crippen LogP contribution in [0.25, 0.3) is 0 Å². The maximum atomic E-state index is 11.6. The molecule has 2 N–H and O–H groups in total. The summed E-state index contributed by atoms with van der Waals surface area (Å²) in [5, 5.41) is 13.8. The minimum atomic E-state index is -0.105. The fourth-order valence-corrected chi connectivity index (χ4v) is 2.78. The molecule has 100 valence electrons. The zero-order chi connectivity index (χ0) is 12.8. The van der Waals surface area contributed by atoms with Crippen molar-refractivity contribution in [3.63, 3.8) is 0 Å². The lowest BCUT2D eigenvalue weighted by Crippen LogP contribution is -2.41. The highest BCUT2D eigenvalue weighted by Gasteiger charge is 2.18. The topological polar surface area (TPSA) is 65.5 Å². The molecular weight excluding hydrogens is 250 g/mol. The quantitative estimate of drug-likeness (QED) is 0.820. The van der Waals surface area contributed by atoms with Crippen molar-refractivity contribution in [2.24, 2.45) is 5.92 Å². The summed E-state index contributed by atoms with van der Waals surface area (Å²) >= 11 is 1.42. The Hall–Kier alpha value is -0.980. The van der Waals surface area contributed by atoms with E-state index in [1.807, 2.05) is 0 Å². The molecule has 0 aromatic carbocycles. The van der Waals surface area contributed by atoms with E-state index in [4.69, 9.17) is 5.11 Å². The maximum absolute atomic E-state index is 11.6. The molecule has 1 atom stereocenters. The van der Waals surface area contributed by atoms with Gasteiger partial charge >= 0.3 is 0 Å². The monoisotopic (exact) mass is 269 g/mol. The first-order chi connectivity index (χ1) is 8.79. The molecule has 2 rings (SSSR count). The molecule has 18 heavy (non-hydrogen) atoms. The van der Waals surface area contributed by atoms with E-state index in [1.165, 1.54) is 11.3 Å². The Morgan fingerprint density at radius 3 is 3.28 bits per heavy atom. The summed E-state index contributed by atoms with van der Waals surface area (Å²) < 4.78 is 0. The van der Waals surface area contributed by atoms with Crippen molar-refractivity contribution in [2.45, 2.75) is 12.8 Å². The summed E-state index contributed by atoms with van der Waals surface area (Å²) in [5.74, 6) is 0.292. The van der Waals surface area contributed by atoms with Gasteiger partial charge in [-0.1, -0.05) is 0 Å². The van der Waals surface area contributed by atoms with Crippen molar-refractivity contribution in [1.29, 1.82) is 0 Å². The molecule has 2 heterocycles. The highest BCUT2D eigenvalue weighted by Crippen LogP contribution is 2.14. The normalized spacial score (nSPS) is 20.8. The third-order valence-electron chi connectivity index (χ3n) is 3.24. The van der Waals surface area contributed by atoms with Crippen molar-refractivity contribution < 1.29 is 9.90 Å². The van der Waals surface area contributed by atoms with E-state index in [2.05, 4.69) is 15.2 Å². The number of thiazole rings is 1. The molecule has 1 aromatic heterocycles. The lowest BCUT2D eigenvalue weighted by atomic mass is 9.99. The SMILES string of the molecule is O=C(NCCN1CCCC(CO)C1)c1cscn1. The number of aromatic nitrogens is 1. The Labute approximate surface area is 111 Å². The van der Waals surface area contributed by atoms with E-state index in [0.717, 1.165) is 32.5 Å². The van der Waals surface area contributed by atoms with Gasteiger partial charge in [0.15, 0.2) is 0 Å². The van der Waals surface area contributed by atoms with Crippen LogP contribution in [-0.4, -0.2) is 53.7 Å². The van der Waals surface area contributed by atoms with Gasteiger partial charge in [0.2, 0.25) is 0 Å². The van der Waals surface area contributed by atoms with Crippen LogP contribution < -0.4 is 5.32 Å². The summed E-state index contributed by atoms with van der Waals surface area (Å²) in [5.41, 5.74) is 2.15. The number of carbonyl (C=O) groups excluding carboxylic acids is 1. The van der Waals surface area contributed by atoms with Crippen LogP contribution in [0, 0.1) is 5.92 Å². The molecule has 1 unspecified atom stereocenters. The van der Waals surface area contributed by atoms with Gasteiger partial charge in [0.05, 0.1) is 5.51 Å². The summed E-state index contributed by atoms with van der Waals surface area (Å²) in [7, 11) is 0. The van der Waals surface area contributed by atoms with E-state index >= 15 is 0 Å². The van der Waals surface area contributed by atoms with Gasteiger partial charge in [-0.2, -0.15) is 0 Å². The molecule has 1 fully saturated rings. The van der Waals surface area contributed by atoms with Gasteiger partial charge in [-0.25, -0.2) is 4.98 Å². The Bertz CT molecular complexity index is 369. The lowest BCUT2D eigenvalue weighted by molar-refractivity contribution is 0.0926. The summed E-state index contributed by atoms with van der Waals surface area (Å²) in [4.78, 5) is 17.9. The van der Waals surface area contributed by atoms with Crippen molar-refractivity contribution in [3.8, 4) is 0 Å². The van der Waals surface area contributed by atoms with Crippen molar-refractivity contribution >= 4 is 17.2 Å². The Kier molecular flexibility index (Phi) is 5.10. The third kappa shape index (κ3) is 3.76. The Morgan fingerprint density at radius 1 is 1.67 bits per heavy atom. The fraction of sp³-hybridized carbons (Fsp3) is 0.667. The number of hydrogen-bond donors (Lipinski definition) is 2. The average molecular weight is 269 g/mol. The molecule has 1 saturated heterocycles. The van der Waals surface area contributed by atoms with E-state index in [-0.39, 0.29) is 12.5 Å². The summed E-state index contributed by atoms with van der Waals surface area (Å²) in [6, 6.07) is 0. The number of amides is 1. The van der Waals surface area contributed by atoms with Crippen LogP contribution in [0.15, 0.2) is 10.9 Å². The number of likely N-dealkylation sites (tertiary alicyclic amines) is 1. The Balaban J connectivity index is 1.67. The number of piperidine rings is 1. The largest absolute Gasteiger partial charge is 0.396 e. The highest BCUT2D eigenvalue weighted by atomic mass is 32.1. The van der Waals surface area contributed by atoms with E-state index < -0.39 is 0 Å². The Morgan fingerprint density at radius 2 is 2.56 bits per heavy atom. The van der Waals surface area contributed by atoms with Crippen molar-refractivity contribution in [2.75, 3.05) is 32.8 Å². The molecular formula is C12H19N3O2S. The zero-order valence-electron chi connectivity index (χ0n) is 10.3. The first-order valence-electron chi connectivity index (χ1n) is 6.29. The number of rotatable bonds is 5. The second kappa shape index (κ2) is 6.82. The van der Waals surface area contributed by atoms with Crippen LogP contribution in [0.3, 0.4) is 0 Å². The van der Waals surface area contributed by atoms with E-state index in [9.17, 15) is 4.79 Å². The standard InChI is InChI=1S/C12H19N3O2S/c16-7-10-2-1-4-15(6-10)5-3-13-12(17)11-8-18-9-14-11/h8-10,16H,1-7H2,(H,13,17). The van der Waals surface area contributed by atoms with Gasteiger partial charge < -0.3 is 15.3 Å². The molecule has 1 aliphatic heterocycles. The van der Waals surface area contributed by atoms with Crippen LogP contribution in [0.5, 0.6) is 0 Å². The number of carbonyl (C=O) groups is 1. The van der Waals surface area contributed by atoms with E-state index in [1.54, 1.807) is 10.9 Å². The number of hydrogen-bond acceptors (Lipinski definition) is 5. The number of nitrogens with one attached hydrogen (secondary N) is 1. The van der Waals surface area contributed by atoms with Crippen molar-refractivity contribution in [3.05, 3.63) is 16.6 Å². The number of aliphatic hydroxyl groups is 1. The van der Waals surface area contributed by atoms with Gasteiger partial charge in [0.25, 0.3) is 5.91 Å². The van der Waals surface area contributed by atoms with Crippen LogP contribution in [0.1, 0.15) is 23.3 Å². The smallest absolute Gasteiger partial charge is 0.270 e. The third-order valence-corrected chi connectivity index (χ3v) is 3.83. The van der Waals surface area contributed by atoms with Gasteiger partial charge in [0.1, 0.15) is 5.69 Å². The summed E-state index contributed by atoms with van der Waals surface area (Å²) in [6.45, 7) is 3.73. The minimum absolute atomic E-state index is 0.105. The first-order valence-corrected chi connectivity index (χ1v) is 7.23. The molecule has 1 amide bonds. The van der Waals surface area contributed by atoms with Crippen LogP contribution in [0.4, 0.5) is 0 Å². The molecule has 0 aliphatic carbocycles. The second-order valence-corrected chi connectivity index (χ2v) is 5.34. The van der Waals surface area contributed by atoms with Crippen molar-refractivity contribution in [1.82, 2.24) is 15.2 Å². The molecule has 0 bridgehead atoms. The molecule has 1 aromatic rings. The zero-order valence-corrected chi connectivity index (χ0v) is 11.2. The van der Waals surface area contributed by atoms with Gasteiger partial charge in [0, 0.05) is 31.6 Å². The lowest BCUT2D eigenvalue weighted by Gasteiger charge is -2.31. The van der Waals surface area contributed by atoms with E-state index in [0.29, 0.717) is 18.2 Å². The highest BCUT2D eigenvalue weighted by molar-refractivity contribution is 7.07. The van der Waals surface area contributed by atoms with Gasteiger partial charge in [-0.05, 0) is 25.3 Å².